The van der Waals surface area contributed by atoms with E-state index in [1.165, 1.54) is 32.1 Å². The summed E-state index contributed by atoms with van der Waals surface area (Å²) in [6.45, 7) is 3.55. The number of ether oxygens (including phenoxy) is 1. The third kappa shape index (κ3) is 2.76. The standard InChI is InChI=1S/C13H23NO2/c1-2-16-13(15)9-10-5-3-7-12-11(10)6-4-8-14-12/h10-12,14H,2-9H2,1H3/t10-,11+,12-/m0/s1. The van der Waals surface area contributed by atoms with Gasteiger partial charge < -0.3 is 10.1 Å². The van der Waals surface area contributed by atoms with Crippen molar-refractivity contribution in [3.63, 3.8) is 0 Å². The molecule has 0 radical (unpaired) electrons. The quantitative estimate of drug-likeness (QED) is 0.748. The molecule has 92 valence electrons. The summed E-state index contributed by atoms with van der Waals surface area (Å²) in [6, 6.07) is 0.668. The fraction of sp³-hybridized carbons (Fsp3) is 0.923. The second-order valence-corrected chi connectivity index (χ2v) is 5.07. The Morgan fingerprint density at radius 3 is 3.00 bits per heavy atom. The summed E-state index contributed by atoms with van der Waals surface area (Å²) in [5.41, 5.74) is 0. The Kier molecular flexibility index (Phi) is 4.22. The number of piperidine rings is 1. The highest BCUT2D eigenvalue weighted by Crippen LogP contribution is 2.37. The van der Waals surface area contributed by atoms with Gasteiger partial charge in [-0.25, -0.2) is 0 Å². The van der Waals surface area contributed by atoms with Crippen molar-refractivity contribution in [1.29, 1.82) is 0 Å². The van der Waals surface area contributed by atoms with Crippen LogP contribution in [0, 0.1) is 11.8 Å². The molecule has 1 heterocycles. The van der Waals surface area contributed by atoms with Crippen LogP contribution < -0.4 is 5.32 Å². The third-order valence-electron chi connectivity index (χ3n) is 4.07. The number of fused-ring (bicyclic) bond motifs is 1. The molecular formula is C13H23NO2. The molecule has 1 aliphatic carbocycles. The zero-order valence-corrected chi connectivity index (χ0v) is 10.2. The molecule has 0 spiro atoms. The molecule has 1 N–H and O–H groups in total. The van der Waals surface area contributed by atoms with Crippen LogP contribution in [0.4, 0.5) is 0 Å². The Morgan fingerprint density at radius 1 is 1.31 bits per heavy atom. The molecule has 1 saturated heterocycles. The predicted octanol–water partition coefficient (Wildman–Crippen LogP) is 2.11. The molecule has 0 amide bonds. The van der Waals surface area contributed by atoms with E-state index < -0.39 is 0 Å². The van der Waals surface area contributed by atoms with Gasteiger partial charge in [-0.1, -0.05) is 6.42 Å². The zero-order chi connectivity index (χ0) is 11.4. The average Bonchev–Trinajstić information content (AvgIpc) is 2.30. The van der Waals surface area contributed by atoms with Gasteiger partial charge in [-0.3, -0.25) is 4.79 Å². The largest absolute Gasteiger partial charge is 0.466 e. The van der Waals surface area contributed by atoms with E-state index in [0.29, 0.717) is 30.9 Å². The average molecular weight is 225 g/mol. The maximum absolute atomic E-state index is 11.5. The summed E-state index contributed by atoms with van der Waals surface area (Å²) in [4.78, 5) is 11.5. The van der Waals surface area contributed by atoms with Gasteiger partial charge in [-0.05, 0) is 51.0 Å². The minimum absolute atomic E-state index is 0.00118. The molecule has 3 nitrogen and oxygen atoms in total. The Morgan fingerprint density at radius 2 is 2.19 bits per heavy atom. The lowest BCUT2D eigenvalue weighted by Crippen LogP contribution is -2.47. The smallest absolute Gasteiger partial charge is 0.306 e. The lowest BCUT2D eigenvalue weighted by Gasteiger charge is -2.41. The first-order chi connectivity index (χ1) is 7.81. The second-order valence-electron chi connectivity index (χ2n) is 5.07. The normalized spacial score (nSPS) is 34.2. The molecule has 2 fully saturated rings. The van der Waals surface area contributed by atoms with Gasteiger partial charge in [0.05, 0.1) is 6.61 Å². The first kappa shape index (κ1) is 11.9. The summed E-state index contributed by atoms with van der Waals surface area (Å²) >= 11 is 0. The Balaban J connectivity index is 1.89. The Labute approximate surface area is 97.9 Å². The molecule has 3 heteroatoms. The molecule has 0 bridgehead atoms. The van der Waals surface area contributed by atoms with Gasteiger partial charge in [0.25, 0.3) is 0 Å². The number of hydrogen-bond donors (Lipinski definition) is 1. The summed E-state index contributed by atoms with van der Waals surface area (Å²) in [7, 11) is 0. The van der Waals surface area contributed by atoms with Crippen LogP contribution in [0.5, 0.6) is 0 Å². The van der Waals surface area contributed by atoms with Gasteiger partial charge in [0, 0.05) is 12.5 Å². The highest BCUT2D eigenvalue weighted by atomic mass is 16.5. The number of carbonyl (C=O) groups is 1. The zero-order valence-electron chi connectivity index (χ0n) is 10.2. The maximum atomic E-state index is 11.5. The van der Waals surface area contributed by atoms with Gasteiger partial charge in [0.2, 0.25) is 0 Å². The van der Waals surface area contributed by atoms with Gasteiger partial charge in [-0.2, -0.15) is 0 Å². The van der Waals surface area contributed by atoms with E-state index in [-0.39, 0.29) is 5.97 Å². The highest BCUT2D eigenvalue weighted by molar-refractivity contribution is 5.69. The van der Waals surface area contributed by atoms with Crippen LogP contribution in [0.25, 0.3) is 0 Å². The van der Waals surface area contributed by atoms with E-state index >= 15 is 0 Å². The van der Waals surface area contributed by atoms with E-state index in [4.69, 9.17) is 4.74 Å². The molecule has 0 aromatic rings. The Hall–Kier alpha value is -0.570. The summed E-state index contributed by atoms with van der Waals surface area (Å²) in [5, 5.41) is 3.60. The minimum Gasteiger partial charge on any atom is -0.466 e. The van der Waals surface area contributed by atoms with E-state index in [1.54, 1.807) is 0 Å². The van der Waals surface area contributed by atoms with Crippen molar-refractivity contribution in [2.24, 2.45) is 11.8 Å². The van der Waals surface area contributed by atoms with Crippen LogP contribution in [0.2, 0.25) is 0 Å². The second kappa shape index (κ2) is 5.67. The predicted molar refractivity (Wildman–Crippen MR) is 63.1 cm³/mol. The molecule has 0 aromatic carbocycles. The van der Waals surface area contributed by atoms with Crippen molar-refractivity contribution in [2.75, 3.05) is 13.2 Å². The summed E-state index contributed by atoms with van der Waals surface area (Å²) < 4.78 is 5.07. The van der Waals surface area contributed by atoms with Crippen LogP contribution >= 0.6 is 0 Å². The van der Waals surface area contributed by atoms with E-state index in [2.05, 4.69) is 5.32 Å². The first-order valence-electron chi connectivity index (χ1n) is 6.70. The van der Waals surface area contributed by atoms with Crippen molar-refractivity contribution in [3.05, 3.63) is 0 Å². The van der Waals surface area contributed by atoms with Gasteiger partial charge in [-0.15, -0.1) is 0 Å². The summed E-state index contributed by atoms with van der Waals surface area (Å²) in [6.07, 6.45) is 6.96. The van der Waals surface area contributed by atoms with Crippen LogP contribution in [0.15, 0.2) is 0 Å². The van der Waals surface area contributed by atoms with Crippen molar-refractivity contribution < 1.29 is 9.53 Å². The molecule has 1 aliphatic heterocycles. The van der Waals surface area contributed by atoms with Gasteiger partial charge >= 0.3 is 5.97 Å². The first-order valence-corrected chi connectivity index (χ1v) is 6.70. The lowest BCUT2D eigenvalue weighted by molar-refractivity contribution is -0.145. The van der Waals surface area contributed by atoms with Crippen LogP contribution in [-0.2, 0) is 9.53 Å². The van der Waals surface area contributed by atoms with E-state index in [0.717, 1.165) is 6.54 Å². The molecular weight excluding hydrogens is 202 g/mol. The number of rotatable bonds is 3. The van der Waals surface area contributed by atoms with Crippen molar-refractivity contribution in [3.8, 4) is 0 Å². The maximum Gasteiger partial charge on any atom is 0.306 e. The molecule has 1 saturated carbocycles. The van der Waals surface area contributed by atoms with Crippen molar-refractivity contribution in [1.82, 2.24) is 5.32 Å². The van der Waals surface area contributed by atoms with Crippen LogP contribution in [-0.4, -0.2) is 25.2 Å². The molecule has 3 atom stereocenters. The fourth-order valence-corrected chi connectivity index (χ4v) is 3.36. The molecule has 0 aromatic heterocycles. The van der Waals surface area contributed by atoms with Crippen LogP contribution in [0.3, 0.4) is 0 Å². The third-order valence-corrected chi connectivity index (χ3v) is 4.07. The lowest BCUT2D eigenvalue weighted by atomic mass is 9.71. The van der Waals surface area contributed by atoms with Crippen molar-refractivity contribution in [2.45, 2.75) is 51.5 Å². The number of nitrogens with one attached hydrogen (secondary N) is 1. The number of hydrogen-bond acceptors (Lipinski definition) is 3. The Bertz CT molecular complexity index is 240. The van der Waals surface area contributed by atoms with Crippen molar-refractivity contribution >= 4 is 5.97 Å². The highest BCUT2D eigenvalue weighted by Gasteiger charge is 2.35. The van der Waals surface area contributed by atoms with E-state index in [9.17, 15) is 4.79 Å². The molecule has 0 unspecified atom stereocenters. The van der Waals surface area contributed by atoms with Gasteiger partial charge in [0.1, 0.15) is 0 Å². The summed E-state index contributed by atoms with van der Waals surface area (Å²) in [5.74, 6) is 1.27. The topological polar surface area (TPSA) is 38.3 Å². The number of esters is 1. The number of carbonyl (C=O) groups excluding carboxylic acids is 1. The van der Waals surface area contributed by atoms with E-state index in [1.807, 2.05) is 6.92 Å². The molecule has 2 rings (SSSR count). The fourth-order valence-electron chi connectivity index (χ4n) is 3.36. The van der Waals surface area contributed by atoms with Gasteiger partial charge in [0.15, 0.2) is 0 Å². The molecule has 16 heavy (non-hydrogen) atoms. The SMILES string of the molecule is CCOC(=O)C[C@@H]1CCC[C@@H]2NCCC[C@H]12. The molecule has 2 aliphatic rings. The monoisotopic (exact) mass is 225 g/mol. The minimum atomic E-state index is -0.00118. The van der Waals surface area contributed by atoms with Crippen LogP contribution in [0.1, 0.15) is 45.4 Å².